The molecule has 2 aromatic rings. The van der Waals surface area contributed by atoms with Crippen LogP contribution in [0.4, 0.5) is 0 Å². The number of nitrogens with one attached hydrogen (secondary N) is 2. The Kier molecular flexibility index (Phi) is 6.24. The van der Waals surface area contributed by atoms with E-state index >= 15 is 0 Å². The predicted molar refractivity (Wildman–Crippen MR) is 92.8 cm³/mol. The molecule has 0 spiro atoms. The number of hydrogen-bond acceptors (Lipinski definition) is 4. The Morgan fingerprint density at radius 1 is 1.39 bits per heavy atom. The molecule has 0 fully saturated rings. The van der Waals surface area contributed by atoms with Gasteiger partial charge >= 0.3 is 0 Å². The normalized spacial score (nSPS) is 13.6. The second kappa shape index (κ2) is 8.17. The van der Waals surface area contributed by atoms with Crippen LogP contribution in [0.2, 0.25) is 0 Å². The molecular weight excluding hydrogens is 310 g/mol. The van der Waals surface area contributed by atoms with E-state index in [1.54, 1.807) is 18.7 Å². The number of H-pyrrole nitrogens is 1. The summed E-state index contributed by atoms with van der Waals surface area (Å²) in [6.45, 7) is 5.89. The van der Waals surface area contributed by atoms with Crippen LogP contribution >= 0.6 is 11.8 Å². The number of aryl methyl sites for hydroxylation is 2. The zero-order valence-corrected chi connectivity index (χ0v) is 14.5. The Bertz CT molecular complexity index is 641. The number of aliphatic hydroxyl groups is 1. The number of hydrogen-bond donors (Lipinski definition) is 3. The molecule has 23 heavy (non-hydrogen) atoms. The third-order valence-corrected chi connectivity index (χ3v) is 4.84. The molecule has 3 N–H and O–H groups in total. The first-order valence-corrected chi connectivity index (χ1v) is 8.63. The number of carbonyl (C=O) groups is 1. The van der Waals surface area contributed by atoms with Crippen LogP contribution in [0.15, 0.2) is 35.6 Å². The molecule has 1 amide bonds. The number of nitrogens with zero attached hydrogens (tertiary/aromatic N) is 1. The van der Waals surface area contributed by atoms with Gasteiger partial charge in [0, 0.05) is 10.6 Å². The lowest BCUT2D eigenvalue weighted by Crippen LogP contribution is -2.42. The molecule has 1 aromatic carbocycles. The quantitative estimate of drug-likeness (QED) is 0.681. The van der Waals surface area contributed by atoms with Crippen LogP contribution in [-0.4, -0.2) is 38.9 Å². The van der Waals surface area contributed by atoms with E-state index in [2.05, 4.69) is 47.3 Å². The van der Waals surface area contributed by atoms with Crippen molar-refractivity contribution in [3.05, 3.63) is 47.5 Å². The molecule has 2 atom stereocenters. The van der Waals surface area contributed by atoms with Crippen molar-refractivity contribution in [2.45, 2.75) is 44.2 Å². The summed E-state index contributed by atoms with van der Waals surface area (Å²) in [5.41, 5.74) is 2.95. The monoisotopic (exact) mass is 333 g/mol. The summed E-state index contributed by atoms with van der Waals surface area (Å²) in [7, 11) is 0. The number of benzene rings is 1. The predicted octanol–water partition coefficient (Wildman–Crippen LogP) is 2.69. The van der Waals surface area contributed by atoms with Gasteiger partial charge in [-0.25, -0.2) is 4.98 Å². The summed E-state index contributed by atoms with van der Waals surface area (Å²) < 4.78 is 0. The molecule has 0 unspecified atom stereocenters. The minimum atomic E-state index is -0.609. The molecular formula is C17H23N3O2S. The molecule has 0 bridgehead atoms. The van der Waals surface area contributed by atoms with E-state index in [9.17, 15) is 9.90 Å². The molecule has 0 aliphatic carbocycles. The van der Waals surface area contributed by atoms with E-state index in [1.165, 1.54) is 28.5 Å². The summed E-state index contributed by atoms with van der Waals surface area (Å²) in [5.74, 6) is 0.575. The maximum atomic E-state index is 12.0. The van der Waals surface area contributed by atoms with Crippen LogP contribution in [0.5, 0.6) is 0 Å². The van der Waals surface area contributed by atoms with E-state index < -0.39 is 6.10 Å². The van der Waals surface area contributed by atoms with Crippen LogP contribution in [0, 0.1) is 13.8 Å². The molecule has 0 aliphatic heterocycles. The standard InChI is InChI=1S/C17H23N3O2S/c1-11-4-5-14(8-12(11)2)23-7-6-15(13(3)21)20-17(22)16-9-18-10-19-16/h4-5,8-10,13,15,21H,6-7H2,1-3H3,(H,18,19)(H,20,22)/t13-,15+/m0/s1. The number of aromatic amines is 1. The first-order valence-electron chi connectivity index (χ1n) is 7.64. The summed E-state index contributed by atoms with van der Waals surface area (Å²) in [5, 5.41) is 12.7. The van der Waals surface area contributed by atoms with Gasteiger partial charge in [-0.15, -0.1) is 11.8 Å². The smallest absolute Gasteiger partial charge is 0.269 e. The lowest BCUT2D eigenvalue weighted by Gasteiger charge is -2.21. The van der Waals surface area contributed by atoms with Gasteiger partial charge in [0.25, 0.3) is 5.91 Å². The molecule has 124 valence electrons. The Labute approximate surface area is 140 Å². The maximum Gasteiger partial charge on any atom is 0.269 e. The number of thioether (sulfide) groups is 1. The average Bonchev–Trinajstić information content (AvgIpc) is 3.04. The summed E-state index contributed by atoms with van der Waals surface area (Å²) in [6.07, 6.45) is 3.01. The maximum absolute atomic E-state index is 12.0. The molecule has 0 radical (unpaired) electrons. The molecule has 0 saturated heterocycles. The Balaban J connectivity index is 1.87. The Morgan fingerprint density at radius 2 is 2.17 bits per heavy atom. The van der Waals surface area contributed by atoms with Crippen LogP contribution < -0.4 is 5.32 Å². The van der Waals surface area contributed by atoms with Gasteiger partial charge in [0.05, 0.1) is 24.7 Å². The van der Waals surface area contributed by atoms with E-state index in [0.717, 1.165) is 5.75 Å². The van der Waals surface area contributed by atoms with E-state index in [-0.39, 0.29) is 11.9 Å². The minimum Gasteiger partial charge on any atom is -0.391 e. The highest BCUT2D eigenvalue weighted by Gasteiger charge is 2.19. The van der Waals surface area contributed by atoms with Crippen molar-refractivity contribution in [3.8, 4) is 0 Å². The van der Waals surface area contributed by atoms with Crippen molar-refractivity contribution in [1.29, 1.82) is 0 Å². The van der Waals surface area contributed by atoms with E-state index in [4.69, 9.17) is 0 Å². The summed E-state index contributed by atoms with van der Waals surface area (Å²) >= 11 is 1.73. The van der Waals surface area contributed by atoms with E-state index in [0.29, 0.717) is 12.1 Å². The number of aliphatic hydroxyl groups excluding tert-OH is 1. The number of imidazole rings is 1. The summed E-state index contributed by atoms with van der Waals surface area (Å²) in [6, 6.07) is 6.10. The lowest BCUT2D eigenvalue weighted by molar-refractivity contribution is 0.0851. The average molecular weight is 333 g/mol. The SMILES string of the molecule is Cc1ccc(SCC[C@@H](NC(=O)c2cnc[nH]2)[C@H](C)O)cc1C. The van der Waals surface area contributed by atoms with Crippen LogP contribution in [0.3, 0.4) is 0 Å². The minimum absolute atomic E-state index is 0.246. The van der Waals surface area contributed by atoms with Crippen molar-refractivity contribution in [2.75, 3.05) is 5.75 Å². The second-order valence-corrected chi connectivity index (χ2v) is 6.84. The third-order valence-electron chi connectivity index (χ3n) is 3.82. The number of amides is 1. The van der Waals surface area contributed by atoms with Gasteiger partial charge in [-0.1, -0.05) is 6.07 Å². The fourth-order valence-corrected chi connectivity index (χ4v) is 3.20. The van der Waals surface area contributed by atoms with Crippen molar-refractivity contribution in [2.24, 2.45) is 0 Å². The highest BCUT2D eigenvalue weighted by atomic mass is 32.2. The molecule has 2 rings (SSSR count). The fourth-order valence-electron chi connectivity index (χ4n) is 2.17. The topological polar surface area (TPSA) is 78.0 Å². The Morgan fingerprint density at radius 3 is 2.78 bits per heavy atom. The number of carbonyl (C=O) groups excluding carboxylic acids is 1. The van der Waals surface area contributed by atoms with Gasteiger partial charge < -0.3 is 15.4 Å². The lowest BCUT2D eigenvalue weighted by atomic mass is 10.1. The van der Waals surface area contributed by atoms with E-state index in [1.807, 2.05) is 0 Å². The Hall–Kier alpha value is -1.79. The second-order valence-electron chi connectivity index (χ2n) is 5.67. The van der Waals surface area contributed by atoms with Crippen LogP contribution in [0.1, 0.15) is 35.0 Å². The van der Waals surface area contributed by atoms with Crippen LogP contribution in [-0.2, 0) is 0 Å². The largest absolute Gasteiger partial charge is 0.391 e. The van der Waals surface area contributed by atoms with Gasteiger partial charge in [-0.05, 0) is 50.5 Å². The number of aromatic nitrogens is 2. The zero-order chi connectivity index (χ0) is 16.8. The van der Waals surface area contributed by atoms with Gasteiger partial charge in [-0.3, -0.25) is 4.79 Å². The number of rotatable bonds is 7. The van der Waals surface area contributed by atoms with Crippen molar-refractivity contribution in [3.63, 3.8) is 0 Å². The van der Waals surface area contributed by atoms with Crippen molar-refractivity contribution < 1.29 is 9.90 Å². The van der Waals surface area contributed by atoms with Crippen LogP contribution in [0.25, 0.3) is 0 Å². The highest BCUT2D eigenvalue weighted by molar-refractivity contribution is 7.99. The van der Waals surface area contributed by atoms with Crippen molar-refractivity contribution >= 4 is 17.7 Å². The molecule has 0 saturated carbocycles. The first kappa shape index (κ1) is 17.6. The van der Waals surface area contributed by atoms with Gasteiger partial charge in [0.15, 0.2) is 0 Å². The van der Waals surface area contributed by atoms with Gasteiger partial charge in [0.1, 0.15) is 5.69 Å². The molecule has 1 aromatic heterocycles. The fraction of sp³-hybridized carbons (Fsp3) is 0.412. The van der Waals surface area contributed by atoms with Gasteiger partial charge in [-0.2, -0.15) is 0 Å². The zero-order valence-electron chi connectivity index (χ0n) is 13.7. The summed E-state index contributed by atoms with van der Waals surface area (Å²) in [4.78, 5) is 19.8. The highest BCUT2D eigenvalue weighted by Crippen LogP contribution is 2.22. The molecule has 6 heteroatoms. The first-order chi connectivity index (χ1) is 11.0. The van der Waals surface area contributed by atoms with Crippen molar-refractivity contribution in [1.82, 2.24) is 15.3 Å². The molecule has 1 heterocycles. The molecule has 5 nitrogen and oxygen atoms in total. The van der Waals surface area contributed by atoms with Gasteiger partial charge in [0.2, 0.25) is 0 Å². The molecule has 0 aliphatic rings. The third kappa shape index (κ3) is 5.11.